The Balaban J connectivity index is 1.66. The maximum atomic E-state index is 12.3. The van der Waals surface area contributed by atoms with E-state index in [0.717, 1.165) is 28.8 Å². The molecule has 0 unspecified atom stereocenters. The summed E-state index contributed by atoms with van der Waals surface area (Å²) >= 11 is 0. The Hall–Kier alpha value is -2.62. The molecule has 4 heteroatoms. The van der Waals surface area contributed by atoms with E-state index in [1.807, 2.05) is 50.2 Å². The first-order chi connectivity index (χ1) is 11.1. The first-order valence-corrected chi connectivity index (χ1v) is 7.69. The van der Waals surface area contributed by atoms with Crippen molar-refractivity contribution in [3.63, 3.8) is 0 Å². The second-order valence-electron chi connectivity index (χ2n) is 5.82. The van der Waals surface area contributed by atoms with Gasteiger partial charge in [0.15, 0.2) is 6.61 Å². The van der Waals surface area contributed by atoms with Gasteiger partial charge in [-0.2, -0.15) is 0 Å². The smallest absolute Gasteiger partial charge is 0.338 e. The zero-order valence-electron chi connectivity index (χ0n) is 13.3. The van der Waals surface area contributed by atoms with E-state index in [1.54, 1.807) is 11.0 Å². The van der Waals surface area contributed by atoms with Crippen LogP contribution in [0.5, 0.6) is 0 Å². The van der Waals surface area contributed by atoms with Crippen LogP contribution >= 0.6 is 0 Å². The van der Waals surface area contributed by atoms with E-state index in [2.05, 4.69) is 0 Å². The standard InChI is InChI=1S/C19H19NO3/c1-13-7-8-14(2)16(11-13)19(22)23-12-18(21)20-10-9-15-5-3-4-6-17(15)20/h3-8,11H,9-10,12H2,1-2H3. The van der Waals surface area contributed by atoms with Crippen LogP contribution in [0.2, 0.25) is 0 Å². The number of carbonyl (C=O) groups excluding carboxylic acids is 2. The molecule has 3 rings (SSSR count). The predicted molar refractivity (Wildman–Crippen MR) is 88.7 cm³/mol. The number of rotatable bonds is 3. The Morgan fingerprint density at radius 1 is 1.13 bits per heavy atom. The number of esters is 1. The van der Waals surface area contributed by atoms with Crippen LogP contribution in [0.25, 0.3) is 0 Å². The number of carbonyl (C=O) groups is 2. The lowest BCUT2D eigenvalue weighted by molar-refractivity contribution is -0.121. The second kappa shape index (κ2) is 6.24. The lowest BCUT2D eigenvalue weighted by atomic mass is 10.1. The number of amides is 1. The predicted octanol–water partition coefficient (Wildman–Crippen LogP) is 3.05. The van der Waals surface area contributed by atoms with E-state index >= 15 is 0 Å². The molecule has 2 aromatic rings. The zero-order valence-corrected chi connectivity index (χ0v) is 13.3. The highest BCUT2D eigenvalue weighted by Gasteiger charge is 2.25. The average molecular weight is 309 g/mol. The van der Waals surface area contributed by atoms with Crippen molar-refractivity contribution in [2.24, 2.45) is 0 Å². The molecule has 0 radical (unpaired) electrons. The molecule has 4 nitrogen and oxygen atoms in total. The highest BCUT2D eigenvalue weighted by Crippen LogP contribution is 2.27. The van der Waals surface area contributed by atoms with E-state index in [1.165, 1.54) is 0 Å². The number of fused-ring (bicyclic) bond motifs is 1. The summed E-state index contributed by atoms with van der Waals surface area (Å²) in [5.41, 5.74) is 4.42. The summed E-state index contributed by atoms with van der Waals surface area (Å²) < 4.78 is 5.22. The Bertz CT molecular complexity index is 767. The number of hydrogen-bond donors (Lipinski definition) is 0. The number of benzene rings is 2. The first-order valence-electron chi connectivity index (χ1n) is 7.69. The topological polar surface area (TPSA) is 46.6 Å². The Kier molecular flexibility index (Phi) is 4.15. The fourth-order valence-corrected chi connectivity index (χ4v) is 2.84. The van der Waals surface area contributed by atoms with Crippen molar-refractivity contribution in [2.75, 3.05) is 18.1 Å². The van der Waals surface area contributed by atoms with Gasteiger partial charge in [-0.1, -0.05) is 35.9 Å². The molecule has 0 N–H and O–H groups in total. The molecule has 1 amide bonds. The van der Waals surface area contributed by atoms with E-state index in [0.29, 0.717) is 12.1 Å². The van der Waals surface area contributed by atoms with E-state index in [4.69, 9.17) is 4.74 Å². The largest absolute Gasteiger partial charge is 0.452 e. The van der Waals surface area contributed by atoms with Crippen LogP contribution in [-0.2, 0) is 16.0 Å². The van der Waals surface area contributed by atoms with Gasteiger partial charge in [0.05, 0.1) is 5.56 Å². The van der Waals surface area contributed by atoms with Crippen LogP contribution in [0, 0.1) is 13.8 Å². The summed E-state index contributed by atoms with van der Waals surface area (Å²) in [6.07, 6.45) is 0.840. The van der Waals surface area contributed by atoms with Crippen LogP contribution < -0.4 is 4.90 Å². The molecule has 0 saturated heterocycles. The molecule has 1 aliphatic rings. The van der Waals surface area contributed by atoms with Crippen molar-refractivity contribution < 1.29 is 14.3 Å². The maximum absolute atomic E-state index is 12.3. The van der Waals surface area contributed by atoms with Crippen molar-refractivity contribution in [1.82, 2.24) is 0 Å². The molecule has 0 fully saturated rings. The highest BCUT2D eigenvalue weighted by atomic mass is 16.5. The van der Waals surface area contributed by atoms with Crippen LogP contribution in [0.3, 0.4) is 0 Å². The normalized spacial score (nSPS) is 12.9. The minimum Gasteiger partial charge on any atom is -0.452 e. The number of hydrogen-bond acceptors (Lipinski definition) is 3. The van der Waals surface area contributed by atoms with Crippen molar-refractivity contribution in [3.05, 3.63) is 64.7 Å². The minimum absolute atomic E-state index is 0.186. The number of anilines is 1. The molecule has 0 saturated carbocycles. The van der Waals surface area contributed by atoms with Crippen molar-refractivity contribution in [2.45, 2.75) is 20.3 Å². The van der Waals surface area contributed by atoms with Crippen molar-refractivity contribution in [1.29, 1.82) is 0 Å². The quantitative estimate of drug-likeness (QED) is 0.819. The Morgan fingerprint density at radius 3 is 2.74 bits per heavy atom. The molecule has 0 aliphatic carbocycles. The van der Waals surface area contributed by atoms with Gasteiger partial charge in [-0.3, -0.25) is 4.79 Å². The molecule has 0 aromatic heterocycles. The van der Waals surface area contributed by atoms with Crippen LogP contribution in [-0.4, -0.2) is 25.0 Å². The van der Waals surface area contributed by atoms with Crippen LogP contribution in [0.15, 0.2) is 42.5 Å². The third kappa shape index (κ3) is 3.11. The number of ether oxygens (including phenoxy) is 1. The summed E-state index contributed by atoms with van der Waals surface area (Å²) in [6, 6.07) is 13.4. The molecular formula is C19H19NO3. The van der Waals surface area contributed by atoms with Gasteiger partial charge in [-0.05, 0) is 43.5 Å². The zero-order chi connectivity index (χ0) is 16.4. The number of para-hydroxylation sites is 1. The van der Waals surface area contributed by atoms with E-state index in [-0.39, 0.29) is 12.5 Å². The summed E-state index contributed by atoms with van der Waals surface area (Å²) in [7, 11) is 0. The van der Waals surface area contributed by atoms with Gasteiger partial charge >= 0.3 is 5.97 Å². The molecule has 2 aromatic carbocycles. The second-order valence-corrected chi connectivity index (χ2v) is 5.82. The Labute approximate surface area is 135 Å². The molecule has 0 spiro atoms. The van der Waals surface area contributed by atoms with Gasteiger partial charge in [0.1, 0.15) is 0 Å². The fraction of sp³-hybridized carbons (Fsp3) is 0.263. The maximum Gasteiger partial charge on any atom is 0.338 e. The summed E-state index contributed by atoms with van der Waals surface area (Å²) in [4.78, 5) is 26.2. The SMILES string of the molecule is Cc1ccc(C)c(C(=O)OCC(=O)N2CCc3ccccc32)c1. The number of aryl methyl sites for hydroxylation is 2. The molecule has 1 heterocycles. The molecular weight excluding hydrogens is 290 g/mol. The van der Waals surface area contributed by atoms with Gasteiger partial charge in [-0.25, -0.2) is 4.79 Å². The monoisotopic (exact) mass is 309 g/mol. The summed E-state index contributed by atoms with van der Waals surface area (Å²) in [6.45, 7) is 4.18. The van der Waals surface area contributed by atoms with E-state index in [9.17, 15) is 9.59 Å². The lowest BCUT2D eigenvalue weighted by Gasteiger charge is -2.17. The van der Waals surface area contributed by atoms with Gasteiger partial charge in [-0.15, -0.1) is 0 Å². The first kappa shape index (κ1) is 15.3. The van der Waals surface area contributed by atoms with E-state index < -0.39 is 5.97 Å². The van der Waals surface area contributed by atoms with Gasteiger partial charge in [0.2, 0.25) is 0 Å². The van der Waals surface area contributed by atoms with Crippen LogP contribution in [0.1, 0.15) is 27.0 Å². The fourth-order valence-electron chi connectivity index (χ4n) is 2.84. The van der Waals surface area contributed by atoms with Crippen LogP contribution in [0.4, 0.5) is 5.69 Å². The average Bonchev–Trinajstić information content (AvgIpc) is 2.98. The van der Waals surface area contributed by atoms with Gasteiger partial charge in [0, 0.05) is 12.2 Å². The third-order valence-corrected chi connectivity index (χ3v) is 4.13. The molecule has 23 heavy (non-hydrogen) atoms. The van der Waals surface area contributed by atoms with Gasteiger partial charge in [0.25, 0.3) is 5.91 Å². The minimum atomic E-state index is -0.452. The van der Waals surface area contributed by atoms with Crippen molar-refractivity contribution >= 4 is 17.6 Å². The molecule has 0 atom stereocenters. The van der Waals surface area contributed by atoms with Crippen molar-refractivity contribution in [3.8, 4) is 0 Å². The number of nitrogens with zero attached hydrogens (tertiary/aromatic N) is 1. The molecule has 0 bridgehead atoms. The van der Waals surface area contributed by atoms with Gasteiger partial charge < -0.3 is 9.64 Å². The third-order valence-electron chi connectivity index (χ3n) is 4.13. The lowest BCUT2D eigenvalue weighted by Crippen LogP contribution is -2.33. The molecule has 118 valence electrons. The summed E-state index contributed by atoms with van der Waals surface area (Å²) in [5, 5.41) is 0. The Morgan fingerprint density at radius 2 is 1.91 bits per heavy atom. The molecule has 1 aliphatic heterocycles. The summed E-state index contributed by atoms with van der Waals surface area (Å²) in [5.74, 6) is -0.638. The highest BCUT2D eigenvalue weighted by molar-refractivity contribution is 5.98.